The van der Waals surface area contributed by atoms with Crippen molar-refractivity contribution >= 4 is 0 Å². The first kappa shape index (κ1) is 9.61. The standard InChI is InChI=1S/C15H14O/c1-11-7-9-13(10-8-11)15-14(16-15)12-5-3-2-4-6-12/h2-10,14-15H,1H3/t14-,15+/m0/s1. The highest BCUT2D eigenvalue weighted by molar-refractivity contribution is 5.31. The number of hydrogen-bond donors (Lipinski definition) is 0. The average Bonchev–Trinajstić information content (AvgIpc) is 3.11. The fourth-order valence-corrected chi connectivity index (χ4v) is 2.02. The van der Waals surface area contributed by atoms with Gasteiger partial charge in [-0.25, -0.2) is 0 Å². The van der Waals surface area contributed by atoms with E-state index < -0.39 is 0 Å². The van der Waals surface area contributed by atoms with Crippen LogP contribution >= 0.6 is 0 Å². The summed E-state index contributed by atoms with van der Waals surface area (Å²) >= 11 is 0. The Morgan fingerprint density at radius 2 is 1.31 bits per heavy atom. The predicted octanol–water partition coefficient (Wildman–Crippen LogP) is 3.81. The first-order valence-electron chi connectivity index (χ1n) is 5.61. The SMILES string of the molecule is Cc1ccc([C@H]2O[C@H]2c2ccccc2)cc1. The Bertz CT molecular complexity index is 473. The van der Waals surface area contributed by atoms with Crippen LogP contribution in [-0.2, 0) is 4.74 Å². The molecule has 0 saturated carbocycles. The lowest BCUT2D eigenvalue weighted by molar-refractivity contribution is 0.377. The van der Waals surface area contributed by atoms with Gasteiger partial charge in [-0.2, -0.15) is 0 Å². The van der Waals surface area contributed by atoms with Crippen LogP contribution in [0.1, 0.15) is 28.9 Å². The molecule has 1 aliphatic rings. The van der Waals surface area contributed by atoms with Crippen molar-refractivity contribution in [1.82, 2.24) is 0 Å². The van der Waals surface area contributed by atoms with Crippen molar-refractivity contribution < 1.29 is 4.74 Å². The molecule has 0 spiro atoms. The predicted molar refractivity (Wildman–Crippen MR) is 64.2 cm³/mol. The number of benzene rings is 2. The van der Waals surface area contributed by atoms with Crippen LogP contribution in [0.15, 0.2) is 54.6 Å². The maximum atomic E-state index is 5.73. The van der Waals surface area contributed by atoms with Gasteiger partial charge in [-0.05, 0) is 18.1 Å². The molecule has 1 aliphatic heterocycles. The van der Waals surface area contributed by atoms with Crippen LogP contribution in [0.25, 0.3) is 0 Å². The van der Waals surface area contributed by atoms with Gasteiger partial charge < -0.3 is 4.74 Å². The van der Waals surface area contributed by atoms with E-state index >= 15 is 0 Å². The number of ether oxygens (including phenoxy) is 1. The second kappa shape index (κ2) is 3.76. The van der Waals surface area contributed by atoms with E-state index in [0.717, 1.165) is 0 Å². The topological polar surface area (TPSA) is 12.5 Å². The van der Waals surface area contributed by atoms with Gasteiger partial charge in [0, 0.05) is 0 Å². The zero-order chi connectivity index (χ0) is 11.0. The fraction of sp³-hybridized carbons (Fsp3) is 0.200. The van der Waals surface area contributed by atoms with Crippen LogP contribution in [0.4, 0.5) is 0 Å². The molecule has 0 amide bonds. The van der Waals surface area contributed by atoms with Crippen LogP contribution in [0.2, 0.25) is 0 Å². The van der Waals surface area contributed by atoms with E-state index in [4.69, 9.17) is 4.74 Å². The largest absolute Gasteiger partial charge is 0.359 e. The highest BCUT2D eigenvalue weighted by Crippen LogP contribution is 2.50. The van der Waals surface area contributed by atoms with Gasteiger partial charge in [-0.15, -0.1) is 0 Å². The molecule has 2 aromatic rings. The first-order valence-corrected chi connectivity index (χ1v) is 5.61. The third-order valence-corrected chi connectivity index (χ3v) is 3.03. The fourth-order valence-electron chi connectivity index (χ4n) is 2.02. The highest BCUT2D eigenvalue weighted by atomic mass is 16.6. The van der Waals surface area contributed by atoms with E-state index in [2.05, 4.69) is 55.5 Å². The first-order chi connectivity index (χ1) is 7.84. The summed E-state index contributed by atoms with van der Waals surface area (Å²) in [5, 5.41) is 0. The average molecular weight is 210 g/mol. The zero-order valence-electron chi connectivity index (χ0n) is 9.26. The molecule has 0 aliphatic carbocycles. The van der Waals surface area contributed by atoms with Crippen LogP contribution in [0, 0.1) is 6.92 Å². The number of aryl methyl sites for hydroxylation is 1. The van der Waals surface area contributed by atoms with Crippen molar-refractivity contribution in [1.29, 1.82) is 0 Å². The Balaban J connectivity index is 1.79. The number of epoxide rings is 1. The molecule has 1 heteroatoms. The summed E-state index contributed by atoms with van der Waals surface area (Å²) in [4.78, 5) is 0. The molecule has 1 fully saturated rings. The van der Waals surface area contributed by atoms with Gasteiger partial charge >= 0.3 is 0 Å². The summed E-state index contributed by atoms with van der Waals surface area (Å²) in [5.74, 6) is 0. The molecular formula is C15H14O. The minimum absolute atomic E-state index is 0.253. The van der Waals surface area contributed by atoms with Crippen molar-refractivity contribution in [3.63, 3.8) is 0 Å². The second-order valence-corrected chi connectivity index (χ2v) is 4.30. The molecule has 0 bridgehead atoms. The minimum atomic E-state index is 0.253. The normalized spacial score (nSPS) is 23.1. The second-order valence-electron chi connectivity index (χ2n) is 4.30. The monoisotopic (exact) mass is 210 g/mol. The van der Waals surface area contributed by atoms with E-state index in [1.807, 2.05) is 6.07 Å². The van der Waals surface area contributed by atoms with E-state index in [1.165, 1.54) is 16.7 Å². The molecule has 16 heavy (non-hydrogen) atoms. The minimum Gasteiger partial charge on any atom is -0.359 e. The van der Waals surface area contributed by atoms with Gasteiger partial charge in [0.25, 0.3) is 0 Å². The molecule has 2 aromatic carbocycles. The Hall–Kier alpha value is -1.60. The summed E-state index contributed by atoms with van der Waals surface area (Å²) in [6.45, 7) is 2.10. The molecule has 80 valence electrons. The van der Waals surface area contributed by atoms with Crippen LogP contribution in [0.3, 0.4) is 0 Å². The lowest BCUT2D eigenvalue weighted by Gasteiger charge is -1.97. The lowest BCUT2D eigenvalue weighted by atomic mass is 10.0. The number of rotatable bonds is 2. The third kappa shape index (κ3) is 1.74. The van der Waals surface area contributed by atoms with E-state index in [1.54, 1.807) is 0 Å². The van der Waals surface area contributed by atoms with Gasteiger partial charge in [-0.3, -0.25) is 0 Å². The van der Waals surface area contributed by atoms with Gasteiger partial charge in [0.05, 0.1) is 0 Å². The molecule has 1 heterocycles. The Morgan fingerprint density at radius 3 is 1.94 bits per heavy atom. The molecule has 1 nitrogen and oxygen atoms in total. The van der Waals surface area contributed by atoms with Gasteiger partial charge in [0.2, 0.25) is 0 Å². The van der Waals surface area contributed by atoms with E-state index in [0.29, 0.717) is 0 Å². The molecular weight excluding hydrogens is 196 g/mol. The summed E-state index contributed by atoms with van der Waals surface area (Å²) < 4.78 is 5.73. The maximum Gasteiger partial charge on any atom is 0.114 e. The smallest absolute Gasteiger partial charge is 0.114 e. The van der Waals surface area contributed by atoms with Gasteiger partial charge in [0.15, 0.2) is 0 Å². The molecule has 0 aromatic heterocycles. The van der Waals surface area contributed by atoms with E-state index in [9.17, 15) is 0 Å². The van der Waals surface area contributed by atoms with Gasteiger partial charge in [-0.1, -0.05) is 60.2 Å². The molecule has 0 unspecified atom stereocenters. The molecule has 3 rings (SSSR count). The Labute approximate surface area is 95.7 Å². The summed E-state index contributed by atoms with van der Waals surface area (Å²) in [5.41, 5.74) is 3.84. The summed E-state index contributed by atoms with van der Waals surface area (Å²) in [7, 11) is 0. The highest BCUT2D eigenvalue weighted by Gasteiger charge is 2.40. The molecule has 0 N–H and O–H groups in total. The van der Waals surface area contributed by atoms with Crippen LogP contribution in [-0.4, -0.2) is 0 Å². The van der Waals surface area contributed by atoms with E-state index in [-0.39, 0.29) is 12.2 Å². The molecule has 1 saturated heterocycles. The van der Waals surface area contributed by atoms with Crippen molar-refractivity contribution in [2.45, 2.75) is 19.1 Å². The maximum absolute atomic E-state index is 5.73. The van der Waals surface area contributed by atoms with Gasteiger partial charge in [0.1, 0.15) is 12.2 Å². The third-order valence-electron chi connectivity index (χ3n) is 3.03. The zero-order valence-corrected chi connectivity index (χ0v) is 9.26. The van der Waals surface area contributed by atoms with Crippen molar-refractivity contribution in [3.8, 4) is 0 Å². The van der Waals surface area contributed by atoms with Crippen molar-refractivity contribution in [2.75, 3.05) is 0 Å². The van der Waals surface area contributed by atoms with Crippen molar-refractivity contribution in [3.05, 3.63) is 71.3 Å². The quantitative estimate of drug-likeness (QED) is 0.687. The summed E-state index contributed by atoms with van der Waals surface area (Å²) in [6.07, 6.45) is 0.506. The van der Waals surface area contributed by atoms with Crippen LogP contribution < -0.4 is 0 Å². The van der Waals surface area contributed by atoms with Crippen LogP contribution in [0.5, 0.6) is 0 Å². The molecule has 0 radical (unpaired) electrons. The lowest BCUT2D eigenvalue weighted by Crippen LogP contribution is -1.84. The number of hydrogen-bond acceptors (Lipinski definition) is 1. The molecule has 2 atom stereocenters. The Kier molecular flexibility index (Phi) is 2.26. The summed E-state index contributed by atoms with van der Waals surface area (Å²) in [6, 6.07) is 19.0. The Morgan fingerprint density at radius 1 is 0.750 bits per heavy atom. The van der Waals surface area contributed by atoms with Crippen molar-refractivity contribution in [2.24, 2.45) is 0 Å².